The second-order valence-corrected chi connectivity index (χ2v) is 12.2. The maximum Gasteiger partial charge on any atom is 0.162 e. The van der Waals surface area contributed by atoms with Crippen LogP contribution < -0.4 is 0 Å². The quantitative estimate of drug-likeness (QED) is 0.111. The molecule has 0 atom stereocenters. The average Bonchev–Trinajstić information content (AvgIpc) is 3.20. The van der Waals surface area contributed by atoms with E-state index >= 15 is 0 Å². The van der Waals surface area contributed by atoms with Gasteiger partial charge in [-0.05, 0) is 58.8 Å². The molecule has 43 heavy (non-hydrogen) atoms. The molecule has 1 aliphatic rings. The Morgan fingerprint density at radius 3 is 2.19 bits per heavy atom. The van der Waals surface area contributed by atoms with Crippen molar-refractivity contribution in [3.05, 3.63) is 101 Å². The van der Waals surface area contributed by atoms with Crippen LogP contribution in [0, 0.1) is 31.7 Å². The fourth-order valence-electron chi connectivity index (χ4n) is 6.36. The van der Waals surface area contributed by atoms with Crippen molar-refractivity contribution in [3.63, 3.8) is 0 Å². The van der Waals surface area contributed by atoms with Gasteiger partial charge in [-0.2, -0.15) is 0 Å². The normalized spacial score (nSPS) is 13.3. The SMILES string of the molecule is CCC(CC)C(=O)/C=C(\O)C(CC)CC.Cc1[c-]c(-c2cc3c(cn2)-c2c(ccc4ccccc24)C3(C)C)cc(C)c1.[Ir]. The van der Waals surface area contributed by atoms with E-state index in [0.29, 0.717) is 0 Å². The number of carbonyl (C=O) groups excluding carboxylic acids is 1. The number of aliphatic hydroxyl groups excluding tert-OH is 1. The average molecular weight is 753 g/mol. The number of hydrogen-bond donors (Lipinski definition) is 1. The van der Waals surface area contributed by atoms with Crippen LogP contribution in [0.25, 0.3) is 33.2 Å². The minimum Gasteiger partial charge on any atom is -0.512 e. The van der Waals surface area contributed by atoms with Gasteiger partial charge in [-0.15, -0.1) is 34.9 Å². The summed E-state index contributed by atoms with van der Waals surface area (Å²) >= 11 is 0. The van der Waals surface area contributed by atoms with Gasteiger partial charge in [-0.1, -0.05) is 97.9 Å². The molecule has 0 unspecified atom stereocenters. The van der Waals surface area contributed by atoms with Crippen molar-refractivity contribution in [3.8, 4) is 22.4 Å². The fourth-order valence-corrected chi connectivity index (χ4v) is 6.36. The molecule has 1 aliphatic carbocycles. The summed E-state index contributed by atoms with van der Waals surface area (Å²) in [5.41, 5.74) is 9.80. The van der Waals surface area contributed by atoms with Crippen molar-refractivity contribution in [1.82, 2.24) is 4.98 Å². The van der Waals surface area contributed by atoms with E-state index in [1.165, 1.54) is 44.7 Å². The van der Waals surface area contributed by atoms with Gasteiger partial charge in [0.1, 0.15) is 0 Å². The van der Waals surface area contributed by atoms with Crippen molar-refractivity contribution < 1.29 is 30.0 Å². The van der Waals surface area contributed by atoms with E-state index in [4.69, 9.17) is 4.98 Å². The van der Waals surface area contributed by atoms with Crippen molar-refractivity contribution in [2.45, 2.75) is 86.5 Å². The number of hydrogen-bond acceptors (Lipinski definition) is 3. The zero-order chi connectivity index (χ0) is 30.6. The smallest absolute Gasteiger partial charge is 0.162 e. The summed E-state index contributed by atoms with van der Waals surface area (Å²) in [5, 5.41) is 12.4. The molecule has 1 N–H and O–H groups in total. The molecule has 3 aromatic carbocycles. The van der Waals surface area contributed by atoms with Crippen molar-refractivity contribution >= 4 is 16.6 Å². The van der Waals surface area contributed by atoms with Crippen LogP contribution in [-0.4, -0.2) is 15.9 Å². The number of allylic oxidation sites excluding steroid dienone is 2. The maximum atomic E-state index is 11.7. The minimum atomic E-state index is -0.0365. The Hall–Kier alpha value is -3.07. The van der Waals surface area contributed by atoms with Crippen LogP contribution in [0.4, 0.5) is 0 Å². The van der Waals surface area contributed by atoms with E-state index in [2.05, 4.69) is 94.6 Å². The molecule has 5 rings (SSSR count). The summed E-state index contributed by atoms with van der Waals surface area (Å²) in [6.07, 6.45) is 6.97. The van der Waals surface area contributed by atoms with Crippen LogP contribution in [0.1, 0.15) is 89.5 Å². The monoisotopic (exact) mass is 753 g/mol. The Kier molecular flexibility index (Phi) is 11.7. The van der Waals surface area contributed by atoms with Crippen LogP contribution in [0.5, 0.6) is 0 Å². The van der Waals surface area contributed by atoms with Crippen LogP contribution in [0.2, 0.25) is 0 Å². The van der Waals surface area contributed by atoms with Crippen LogP contribution in [-0.2, 0) is 30.3 Å². The molecule has 1 aromatic heterocycles. The maximum absolute atomic E-state index is 11.7. The van der Waals surface area contributed by atoms with E-state index in [9.17, 15) is 9.90 Å². The molecule has 1 heterocycles. The number of ketones is 1. The first-order valence-corrected chi connectivity index (χ1v) is 15.5. The molecule has 0 saturated heterocycles. The zero-order valence-electron chi connectivity index (χ0n) is 27.0. The summed E-state index contributed by atoms with van der Waals surface area (Å²) in [6.45, 7) is 16.9. The minimum absolute atomic E-state index is 0. The Balaban J connectivity index is 0.000000274. The molecule has 0 bridgehead atoms. The molecule has 0 fully saturated rings. The molecular weight excluding hydrogens is 707 g/mol. The first-order valence-electron chi connectivity index (χ1n) is 15.5. The molecule has 1 radical (unpaired) electrons. The molecule has 229 valence electrons. The van der Waals surface area contributed by atoms with E-state index in [0.717, 1.165) is 42.5 Å². The van der Waals surface area contributed by atoms with Gasteiger partial charge in [-0.3, -0.25) is 4.79 Å². The van der Waals surface area contributed by atoms with Crippen LogP contribution >= 0.6 is 0 Å². The number of aryl methyl sites for hydroxylation is 2. The fraction of sp³-hybridized carbons (Fsp3) is 0.385. The number of pyridine rings is 1. The second kappa shape index (κ2) is 14.6. The molecule has 0 spiro atoms. The largest absolute Gasteiger partial charge is 0.512 e. The van der Waals surface area contributed by atoms with E-state index in [1.807, 2.05) is 27.7 Å². The molecule has 4 heteroatoms. The van der Waals surface area contributed by atoms with Gasteiger partial charge in [0.15, 0.2) is 5.78 Å². The zero-order valence-corrected chi connectivity index (χ0v) is 29.4. The van der Waals surface area contributed by atoms with E-state index in [-0.39, 0.29) is 48.9 Å². The van der Waals surface area contributed by atoms with Gasteiger partial charge in [0.2, 0.25) is 0 Å². The van der Waals surface area contributed by atoms with Gasteiger partial charge in [0.05, 0.1) is 5.76 Å². The molecule has 0 saturated carbocycles. The predicted octanol–water partition coefficient (Wildman–Crippen LogP) is 10.5. The number of fused-ring (bicyclic) bond motifs is 5. The third-order valence-electron chi connectivity index (χ3n) is 8.95. The Bertz CT molecular complexity index is 1590. The van der Waals surface area contributed by atoms with Gasteiger partial charge in [0.25, 0.3) is 0 Å². The molecule has 4 aromatic rings. The van der Waals surface area contributed by atoms with Crippen LogP contribution in [0.3, 0.4) is 0 Å². The molecular formula is C39H46IrNO2-. The summed E-state index contributed by atoms with van der Waals surface area (Å²) in [5.74, 6) is 0.547. The summed E-state index contributed by atoms with van der Waals surface area (Å²) in [7, 11) is 0. The number of benzene rings is 3. The van der Waals surface area contributed by atoms with Gasteiger partial charge < -0.3 is 10.1 Å². The van der Waals surface area contributed by atoms with E-state index < -0.39 is 0 Å². The third kappa shape index (κ3) is 7.19. The summed E-state index contributed by atoms with van der Waals surface area (Å²) in [6, 6.07) is 23.3. The first-order chi connectivity index (χ1) is 20.0. The molecule has 0 amide bonds. The third-order valence-corrected chi connectivity index (χ3v) is 8.95. The number of carbonyl (C=O) groups is 1. The van der Waals surface area contributed by atoms with Crippen LogP contribution in [0.15, 0.2) is 72.6 Å². The van der Waals surface area contributed by atoms with Gasteiger partial charge in [0, 0.05) is 55.2 Å². The molecule has 3 nitrogen and oxygen atoms in total. The Labute approximate surface area is 272 Å². The topological polar surface area (TPSA) is 50.2 Å². The standard InChI is InChI=1S/C26H22N.C13H24O2.Ir/c1-16-11-17(2)13-19(12-16)24-14-23-21(15-27-24)25-20-8-6-5-7-18(20)9-10-22(25)26(23,3)4;1-5-10(6-2)12(14)9-13(15)11(7-3)8-4;/h5-12,14-15H,1-4H3;9-11,14H,5-8H2,1-4H3;/q-1;;/b;12-9-;. The Morgan fingerprint density at radius 2 is 1.56 bits per heavy atom. The van der Waals surface area contributed by atoms with Crippen molar-refractivity contribution in [1.29, 1.82) is 0 Å². The first kappa shape index (κ1) is 34.4. The number of aliphatic hydroxyl groups is 1. The summed E-state index contributed by atoms with van der Waals surface area (Å²) < 4.78 is 0. The number of rotatable bonds is 8. The number of aromatic nitrogens is 1. The van der Waals surface area contributed by atoms with Gasteiger partial charge in [-0.25, -0.2) is 0 Å². The van der Waals surface area contributed by atoms with Crippen molar-refractivity contribution in [2.24, 2.45) is 11.8 Å². The molecule has 0 aliphatic heterocycles. The Morgan fingerprint density at radius 1 is 0.907 bits per heavy atom. The number of nitrogens with zero attached hydrogens (tertiary/aromatic N) is 1. The van der Waals surface area contributed by atoms with Gasteiger partial charge >= 0.3 is 0 Å². The summed E-state index contributed by atoms with van der Waals surface area (Å²) in [4.78, 5) is 16.6. The predicted molar refractivity (Wildman–Crippen MR) is 177 cm³/mol. The van der Waals surface area contributed by atoms with Crippen molar-refractivity contribution in [2.75, 3.05) is 0 Å². The van der Waals surface area contributed by atoms with E-state index in [1.54, 1.807) is 0 Å². The second-order valence-electron chi connectivity index (χ2n) is 12.2.